The van der Waals surface area contributed by atoms with Crippen molar-refractivity contribution in [1.29, 1.82) is 0 Å². The third-order valence-electron chi connectivity index (χ3n) is 5.62. The van der Waals surface area contributed by atoms with Gasteiger partial charge in [0.05, 0.1) is 19.1 Å². The number of carbonyl (C=O) groups is 1. The quantitative estimate of drug-likeness (QED) is 0.539. The summed E-state index contributed by atoms with van der Waals surface area (Å²) in [6.07, 6.45) is 1.86. The Morgan fingerprint density at radius 1 is 1.09 bits per heavy atom. The van der Waals surface area contributed by atoms with Crippen LogP contribution in [0.3, 0.4) is 0 Å². The molecule has 1 N–H and O–H groups in total. The van der Waals surface area contributed by atoms with Crippen LogP contribution in [0.2, 0.25) is 0 Å². The summed E-state index contributed by atoms with van der Waals surface area (Å²) in [6.45, 7) is 3.06. The molecule has 0 aliphatic carbocycles. The molecule has 0 radical (unpaired) electrons. The van der Waals surface area contributed by atoms with Gasteiger partial charge in [0.2, 0.25) is 15.9 Å². The predicted octanol–water partition coefficient (Wildman–Crippen LogP) is 3.43. The van der Waals surface area contributed by atoms with Crippen molar-refractivity contribution in [2.24, 2.45) is 5.92 Å². The van der Waals surface area contributed by atoms with Gasteiger partial charge >= 0.3 is 6.01 Å². The topological polar surface area (TPSA) is 124 Å². The van der Waals surface area contributed by atoms with Crippen LogP contribution in [0.15, 0.2) is 51.8 Å². The summed E-state index contributed by atoms with van der Waals surface area (Å²) in [6, 6.07) is 10.8. The zero-order valence-electron chi connectivity index (χ0n) is 19.1. The molecule has 1 amide bonds. The number of nitrogens with zero attached hydrogens (tertiary/aromatic N) is 3. The van der Waals surface area contributed by atoms with Gasteiger partial charge in [-0.3, -0.25) is 10.1 Å². The van der Waals surface area contributed by atoms with E-state index in [-0.39, 0.29) is 22.4 Å². The van der Waals surface area contributed by atoms with E-state index in [9.17, 15) is 13.2 Å². The van der Waals surface area contributed by atoms with Crippen LogP contribution in [0.25, 0.3) is 11.5 Å². The minimum Gasteiger partial charge on any atom is -0.497 e. The lowest BCUT2D eigenvalue weighted by atomic mass is 10.0. The van der Waals surface area contributed by atoms with E-state index < -0.39 is 15.9 Å². The van der Waals surface area contributed by atoms with Gasteiger partial charge in [-0.05, 0) is 55.2 Å². The van der Waals surface area contributed by atoms with E-state index in [1.165, 1.54) is 42.8 Å². The Balaban J connectivity index is 1.46. The maximum Gasteiger partial charge on any atom is 0.322 e. The van der Waals surface area contributed by atoms with Gasteiger partial charge in [0, 0.05) is 30.3 Å². The fourth-order valence-electron chi connectivity index (χ4n) is 3.78. The lowest BCUT2D eigenvalue weighted by molar-refractivity contribution is 0.102. The lowest BCUT2D eigenvalue weighted by Gasteiger charge is -2.30. The largest absolute Gasteiger partial charge is 0.497 e. The van der Waals surface area contributed by atoms with E-state index >= 15 is 0 Å². The number of nitrogens with one attached hydrogen (secondary N) is 1. The number of piperidine rings is 1. The van der Waals surface area contributed by atoms with Gasteiger partial charge in [-0.25, -0.2) is 8.42 Å². The van der Waals surface area contributed by atoms with Gasteiger partial charge in [-0.15, -0.1) is 5.10 Å². The average Bonchev–Trinajstić information content (AvgIpc) is 3.32. The summed E-state index contributed by atoms with van der Waals surface area (Å²) in [5.74, 6) is 1.09. The van der Waals surface area contributed by atoms with Crippen molar-refractivity contribution in [1.82, 2.24) is 14.5 Å². The Kier molecular flexibility index (Phi) is 6.85. The molecule has 2 aromatic carbocycles. The molecular formula is C23H26N4O6S. The number of carbonyl (C=O) groups excluding carboxylic acids is 1. The van der Waals surface area contributed by atoms with Crippen LogP contribution in [-0.4, -0.2) is 56.1 Å². The first-order valence-electron chi connectivity index (χ1n) is 10.8. The lowest BCUT2D eigenvalue weighted by Crippen LogP contribution is -2.39. The van der Waals surface area contributed by atoms with Crippen molar-refractivity contribution in [3.63, 3.8) is 0 Å². The molecule has 1 atom stereocenters. The van der Waals surface area contributed by atoms with E-state index in [4.69, 9.17) is 13.9 Å². The van der Waals surface area contributed by atoms with Crippen molar-refractivity contribution in [3.05, 3.63) is 48.0 Å². The highest BCUT2D eigenvalue weighted by molar-refractivity contribution is 7.89. The first-order valence-corrected chi connectivity index (χ1v) is 12.2. The molecule has 0 bridgehead atoms. The number of ether oxygens (including phenoxy) is 2. The molecule has 2 heterocycles. The van der Waals surface area contributed by atoms with Crippen LogP contribution in [0.1, 0.15) is 30.1 Å². The standard InChI is InChI=1S/C23H26N4O6S/c1-15-5-4-10-27(14-15)34(29,30)20-8-6-16(7-9-20)21(28)24-23-26-25-22(33-23)17-11-18(31-2)13-19(12-17)32-3/h6-9,11-13,15H,4-5,10,14H2,1-3H3,(H,24,26,28). The van der Waals surface area contributed by atoms with Gasteiger partial charge in [0.25, 0.3) is 5.91 Å². The number of amides is 1. The van der Waals surface area contributed by atoms with E-state index in [1.807, 2.05) is 6.92 Å². The minimum absolute atomic E-state index is 0.0965. The van der Waals surface area contributed by atoms with Crippen LogP contribution < -0.4 is 14.8 Å². The fourth-order valence-corrected chi connectivity index (χ4v) is 5.38. The maximum absolute atomic E-state index is 12.9. The number of sulfonamides is 1. The number of benzene rings is 2. The van der Waals surface area contributed by atoms with Crippen LogP contribution in [0.4, 0.5) is 6.01 Å². The second-order valence-electron chi connectivity index (χ2n) is 8.10. The molecule has 1 aliphatic rings. The van der Waals surface area contributed by atoms with Crippen molar-refractivity contribution >= 4 is 21.9 Å². The monoisotopic (exact) mass is 486 g/mol. The fraction of sp³-hybridized carbons (Fsp3) is 0.348. The van der Waals surface area contributed by atoms with Crippen molar-refractivity contribution < 1.29 is 27.1 Å². The normalized spacial score (nSPS) is 16.7. The summed E-state index contributed by atoms with van der Waals surface area (Å²) in [5.41, 5.74) is 0.819. The number of anilines is 1. The van der Waals surface area contributed by atoms with Crippen molar-refractivity contribution in [2.75, 3.05) is 32.6 Å². The average molecular weight is 487 g/mol. The molecule has 4 rings (SSSR count). The number of hydrogen-bond donors (Lipinski definition) is 1. The third-order valence-corrected chi connectivity index (χ3v) is 7.50. The molecule has 3 aromatic rings. The summed E-state index contributed by atoms with van der Waals surface area (Å²) in [7, 11) is -0.536. The molecule has 1 fully saturated rings. The van der Waals surface area contributed by atoms with Crippen LogP contribution in [-0.2, 0) is 10.0 Å². The number of hydrogen-bond acceptors (Lipinski definition) is 8. The van der Waals surface area contributed by atoms with Gasteiger partial charge < -0.3 is 13.9 Å². The van der Waals surface area contributed by atoms with Gasteiger partial charge in [0.1, 0.15) is 11.5 Å². The Morgan fingerprint density at radius 3 is 2.38 bits per heavy atom. The Hall–Kier alpha value is -3.44. The minimum atomic E-state index is -3.59. The van der Waals surface area contributed by atoms with E-state index in [2.05, 4.69) is 15.5 Å². The van der Waals surface area contributed by atoms with Crippen LogP contribution in [0.5, 0.6) is 11.5 Å². The predicted molar refractivity (Wildman–Crippen MR) is 124 cm³/mol. The van der Waals surface area contributed by atoms with Crippen LogP contribution in [0, 0.1) is 5.92 Å². The Labute approximate surface area is 197 Å². The summed E-state index contributed by atoms with van der Waals surface area (Å²) >= 11 is 0. The van der Waals surface area contributed by atoms with Crippen LogP contribution >= 0.6 is 0 Å². The second-order valence-corrected chi connectivity index (χ2v) is 10.0. The SMILES string of the molecule is COc1cc(OC)cc(-c2nnc(NC(=O)c3ccc(S(=O)(=O)N4CCCC(C)C4)cc3)o2)c1. The molecule has 180 valence electrons. The highest BCUT2D eigenvalue weighted by atomic mass is 32.2. The number of aromatic nitrogens is 2. The summed E-state index contributed by atoms with van der Waals surface area (Å²) in [5, 5.41) is 10.4. The second kappa shape index (κ2) is 9.82. The highest BCUT2D eigenvalue weighted by Gasteiger charge is 2.28. The van der Waals surface area contributed by atoms with Gasteiger partial charge in [0.15, 0.2) is 0 Å². The third kappa shape index (κ3) is 5.05. The molecule has 1 unspecified atom stereocenters. The van der Waals surface area contributed by atoms with Gasteiger partial charge in [-0.2, -0.15) is 4.31 Å². The zero-order valence-corrected chi connectivity index (χ0v) is 20.0. The van der Waals surface area contributed by atoms with Crippen molar-refractivity contribution in [3.8, 4) is 23.0 Å². The molecule has 1 aromatic heterocycles. The van der Waals surface area contributed by atoms with Crippen molar-refractivity contribution in [2.45, 2.75) is 24.7 Å². The molecule has 11 heteroatoms. The maximum atomic E-state index is 12.9. The molecule has 0 saturated carbocycles. The zero-order chi connectivity index (χ0) is 24.3. The number of methoxy groups -OCH3 is 2. The van der Waals surface area contributed by atoms with E-state index in [0.29, 0.717) is 36.1 Å². The van der Waals surface area contributed by atoms with E-state index in [1.54, 1.807) is 18.2 Å². The summed E-state index contributed by atoms with van der Waals surface area (Å²) in [4.78, 5) is 12.8. The first kappa shape index (κ1) is 23.7. The molecule has 0 spiro atoms. The molecule has 1 aliphatic heterocycles. The molecule has 34 heavy (non-hydrogen) atoms. The molecular weight excluding hydrogens is 460 g/mol. The molecule has 10 nitrogen and oxygen atoms in total. The Morgan fingerprint density at radius 2 is 1.76 bits per heavy atom. The van der Waals surface area contributed by atoms with E-state index in [0.717, 1.165) is 12.8 Å². The molecule has 1 saturated heterocycles. The van der Waals surface area contributed by atoms with Gasteiger partial charge in [-0.1, -0.05) is 12.0 Å². The first-order chi connectivity index (χ1) is 16.3. The summed E-state index contributed by atoms with van der Waals surface area (Å²) < 4.78 is 43.4. The highest BCUT2D eigenvalue weighted by Crippen LogP contribution is 2.30. The number of rotatable bonds is 7. The smallest absolute Gasteiger partial charge is 0.322 e. The Bertz CT molecular complexity index is 1250.